The normalized spacial score (nSPS) is 12.2. The highest BCUT2D eigenvalue weighted by Gasteiger charge is 2.11. The highest BCUT2D eigenvalue weighted by atomic mass is 19.1. The Bertz CT molecular complexity index is 598. The highest BCUT2D eigenvalue weighted by molar-refractivity contribution is 5.28. The lowest BCUT2D eigenvalue weighted by molar-refractivity contribution is 0.290. The molecule has 0 radical (unpaired) electrons. The van der Waals surface area contributed by atoms with E-state index >= 15 is 0 Å². The van der Waals surface area contributed by atoms with Crippen LogP contribution in [0.5, 0.6) is 5.75 Å². The molecule has 2 aromatic carbocycles. The van der Waals surface area contributed by atoms with Crippen molar-refractivity contribution >= 4 is 0 Å². The Morgan fingerprint density at radius 2 is 1.95 bits per heavy atom. The summed E-state index contributed by atoms with van der Waals surface area (Å²) in [7, 11) is 1.91. The summed E-state index contributed by atoms with van der Waals surface area (Å²) >= 11 is 0. The van der Waals surface area contributed by atoms with Gasteiger partial charge in [-0.3, -0.25) is 0 Å². The summed E-state index contributed by atoms with van der Waals surface area (Å²) < 4.78 is 19.1. The lowest BCUT2D eigenvalue weighted by atomic mass is 10.0. The molecule has 0 aromatic heterocycles. The second-order valence-electron chi connectivity index (χ2n) is 5.30. The number of hydrogen-bond donors (Lipinski definition) is 1. The Kier molecular flexibility index (Phi) is 5.34. The first-order valence-corrected chi connectivity index (χ1v) is 7.23. The fourth-order valence-corrected chi connectivity index (χ4v) is 2.36. The Morgan fingerprint density at radius 1 is 1.14 bits per heavy atom. The quantitative estimate of drug-likeness (QED) is 0.861. The molecule has 21 heavy (non-hydrogen) atoms. The predicted octanol–water partition coefficient (Wildman–Crippen LogP) is 4.17. The first kappa shape index (κ1) is 15.5. The molecule has 2 nitrogen and oxygen atoms in total. The van der Waals surface area contributed by atoms with Gasteiger partial charge in [-0.2, -0.15) is 0 Å². The molecule has 0 spiro atoms. The molecule has 3 heteroatoms. The van der Waals surface area contributed by atoms with Gasteiger partial charge in [0.15, 0.2) is 0 Å². The van der Waals surface area contributed by atoms with Gasteiger partial charge in [-0.25, -0.2) is 4.39 Å². The lowest BCUT2D eigenvalue weighted by Crippen LogP contribution is -2.19. The molecule has 0 aliphatic rings. The first-order valence-electron chi connectivity index (χ1n) is 7.23. The van der Waals surface area contributed by atoms with Crippen molar-refractivity contribution in [3.63, 3.8) is 0 Å². The van der Waals surface area contributed by atoms with Crippen LogP contribution in [0, 0.1) is 19.7 Å². The minimum absolute atomic E-state index is 0.161. The van der Waals surface area contributed by atoms with Crippen LogP contribution in [0.15, 0.2) is 42.5 Å². The second kappa shape index (κ2) is 7.23. The van der Waals surface area contributed by atoms with E-state index in [0.717, 1.165) is 17.7 Å². The van der Waals surface area contributed by atoms with Crippen molar-refractivity contribution in [1.82, 2.24) is 5.32 Å². The van der Waals surface area contributed by atoms with Crippen LogP contribution >= 0.6 is 0 Å². The molecule has 0 fully saturated rings. The number of aryl methyl sites for hydroxylation is 2. The third-order valence-electron chi connectivity index (χ3n) is 3.60. The Hall–Kier alpha value is -1.87. The van der Waals surface area contributed by atoms with Gasteiger partial charge in [0.1, 0.15) is 11.6 Å². The van der Waals surface area contributed by atoms with Crippen molar-refractivity contribution in [2.45, 2.75) is 26.3 Å². The van der Waals surface area contributed by atoms with Crippen LogP contribution in [0.3, 0.4) is 0 Å². The molecular formula is C18H22FNO. The fraction of sp³-hybridized carbons (Fsp3) is 0.333. The zero-order chi connectivity index (χ0) is 15.2. The van der Waals surface area contributed by atoms with Crippen LogP contribution in [0.1, 0.15) is 29.2 Å². The summed E-state index contributed by atoms with van der Waals surface area (Å²) in [6.45, 7) is 4.45. The third kappa shape index (κ3) is 4.30. The van der Waals surface area contributed by atoms with Gasteiger partial charge >= 0.3 is 0 Å². The maximum absolute atomic E-state index is 13.3. The SMILES string of the molecule is CNC(CCOc1cccc(C)c1)c1ccc(F)c(C)c1. The minimum atomic E-state index is -0.162. The Balaban J connectivity index is 1.94. The average molecular weight is 287 g/mol. The molecule has 0 aliphatic carbocycles. The molecule has 2 aromatic rings. The summed E-state index contributed by atoms with van der Waals surface area (Å²) in [5.41, 5.74) is 2.95. The van der Waals surface area contributed by atoms with Gasteiger partial charge in [-0.05, 0) is 55.8 Å². The van der Waals surface area contributed by atoms with E-state index in [2.05, 4.69) is 5.32 Å². The van der Waals surface area contributed by atoms with Crippen molar-refractivity contribution < 1.29 is 9.13 Å². The van der Waals surface area contributed by atoms with E-state index in [9.17, 15) is 4.39 Å². The van der Waals surface area contributed by atoms with Crippen LogP contribution in [-0.4, -0.2) is 13.7 Å². The maximum atomic E-state index is 13.3. The molecule has 0 amide bonds. The van der Waals surface area contributed by atoms with Crippen molar-refractivity contribution in [3.8, 4) is 5.75 Å². The predicted molar refractivity (Wildman–Crippen MR) is 84.2 cm³/mol. The zero-order valence-corrected chi connectivity index (χ0v) is 12.8. The molecule has 1 unspecified atom stereocenters. The van der Waals surface area contributed by atoms with Crippen molar-refractivity contribution in [2.24, 2.45) is 0 Å². The monoisotopic (exact) mass is 287 g/mol. The molecule has 1 atom stereocenters. The summed E-state index contributed by atoms with van der Waals surface area (Å²) in [5, 5.41) is 3.26. The van der Waals surface area contributed by atoms with Crippen molar-refractivity contribution in [2.75, 3.05) is 13.7 Å². The molecule has 0 bridgehead atoms. The van der Waals surface area contributed by atoms with E-state index < -0.39 is 0 Å². The topological polar surface area (TPSA) is 21.3 Å². The molecule has 0 saturated heterocycles. The van der Waals surface area contributed by atoms with Crippen LogP contribution < -0.4 is 10.1 Å². The number of ether oxygens (including phenoxy) is 1. The van der Waals surface area contributed by atoms with Gasteiger partial charge in [0, 0.05) is 12.5 Å². The van der Waals surface area contributed by atoms with Crippen LogP contribution in [0.2, 0.25) is 0 Å². The molecule has 112 valence electrons. The van der Waals surface area contributed by atoms with E-state index in [0.29, 0.717) is 12.2 Å². The van der Waals surface area contributed by atoms with Gasteiger partial charge in [-0.1, -0.05) is 24.3 Å². The van der Waals surface area contributed by atoms with E-state index in [-0.39, 0.29) is 11.9 Å². The number of rotatable bonds is 6. The maximum Gasteiger partial charge on any atom is 0.126 e. The Labute approximate surface area is 126 Å². The first-order chi connectivity index (χ1) is 10.1. The molecule has 2 rings (SSSR count). The molecule has 0 saturated carbocycles. The molecular weight excluding hydrogens is 265 g/mol. The largest absolute Gasteiger partial charge is 0.494 e. The fourth-order valence-electron chi connectivity index (χ4n) is 2.36. The lowest BCUT2D eigenvalue weighted by Gasteiger charge is -2.18. The van der Waals surface area contributed by atoms with E-state index in [1.54, 1.807) is 6.92 Å². The van der Waals surface area contributed by atoms with Crippen LogP contribution in [0.25, 0.3) is 0 Å². The summed E-state index contributed by atoms with van der Waals surface area (Å²) in [4.78, 5) is 0. The highest BCUT2D eigenvalue weighted by Crippen LogP contribution is 2.20. The summed E-state index contributed by atoms with van der Waals surface area (Å²) in [6.07, 6.45) is 0.829. The zero-order valence-electron chi connectivity index (χ0n) is 12.8. The average Bonchev–Trinajstić information content (AvgIpc) is 2.47. The van der Waals surface area contributed by atoms with Gasteiger partial charge in [0.25, 0.3) is 0 Å². The van der Waals surface area contributed by atoms with Gasteiger partial charge in [0.05, 0.1) is 6.61 Å². The van der Waals surface area contributed by atoms with Crippen LogP contribution in [0.4, 0.5) is 4.39 Å². The smallest absolute Gasteiger partial charge is 0.126 e. The van der Waals surface area contributed by atoms with Gasteiger partial charge in [-0.15, -0.1) is 0 Å². The second-order valence-corrected chi connectivity index (χ2v) is 5.30. The van der Waals surface area contributed by atoms with Gasteiger partial charge in [0.2, 0.25) is 0 Å². The van der Waals surface area contributed by atoms with Crippen molar-refractivity contribution in [3.05, 3.63) is 65.0 Å². The Morgan fingerprint density at radius 3 is 2.62 bits per heavy atom. The summed E-state index contributed by atoms with van der Waals surface area (Å²) in [5.74, 6) is 0.727. The number of benzene rings is 2. The van der Waals surface area contributed by atoms with E-state index in [1.807, 2.05) is 50.4 Å². The third-order valence-corrected chi connectivity index (χ3v) is 3.60. The van der Waals surface area contributed by atoms with E-state index in [1.165, 1.54) is 11.6 Å². The van der Waals surface area contributed by atoms with Crippen LogP contribution in [-0.2, 0) is 0 Å². The van der Waals surface area contributed by atoms with E-state index in [4.69, 9.17) is 4.74 Å². The van der Waals surface area contributed by atoms with Gasteiger partial charge < -0.3 is 10.1 Å². The summed E-state index contributed by atoms with van der Waals surface area (Å²) in [6, 6.07) is 13.4. The molecule has 0 heterocycles. The minimum Gasteiger partial charge on any atom is -0.494 e. The standard InChI is InChI=1S/C18H22FNO/c1-13-5-4-6-16(11-13)21-10-9-18(20-3)15-7-8-17(19)14(2)12-15/h4-8,11-12,18,20H,9-10H2,1-3H3. The number of nitrogens with one attached hydrogen (secondary N) is 1. The van der Waals surface area contributed by atoms with Crippen molar-refractivity contribution in [1.29, 1.82) is 0 Å². The number of hydrogen-bond acceptors (Lipinski definition) is 2. The molecule has 1 N–H and O–H groups in total. The number of halogens is 1. The molecule has 0 aliphatic heterocycles.